The van der Waals surface area contributed by atoms with Crippen LogP contribution >= 0.6 is 0 Å². The third-order valence-electron chi connectivity index (χ3n) is 2.53. The number of anilines is 1. The van der Waals surface area contributed by atoms with Crippen LogP contribution in [-0.4, -0.2) is 5.91 Å². The SMILES string of the molecule is O=C(Nc1ccc(F)cc1F)c1cc(F)c(F)c(F)c1F. The van der Waals surface area contributed by atoms with E-state index in [4.69, 9.17) is 0 Å². The number of nitrogens with one attached hydrogen (secondary N) is 1. The smallest absolute Gasteiger partial charge is 0.258 e. The van der Waals surface area contributed by atoms with Crippen molar-refractivity contribution in [3.8, 4) is 0 Å². The molecule has 2 rings (SSSR count). The van der Waals surface area contributed by atoms with Crippen LogP contribution in [0.2, 0.25) is 0 Å². The molecular weight excluding hydrogens is 300 g/mol. The predicted molar refractivity (Wildman–Crippen MR) is 60.6 cm³/mol. The van der Waals surface area contributed by atoms with Crippen LogP contribution in [0.1, 0.15) is 10.4 Å². The quantitative estimate of drug-likeness (QED) is 0.511. The number of hydrogen-bond donors (Lipinski definition) is 1. The van der Waals surface area contributed by atoms with E-state index in [1.807, 2.05) is 0 Å². The third kappa shape index (κ3) is 2.83. The van der Waals surface area contributed by atoms with Gasteiger partial charge in [0.05, 0.1) is 11.3 Å². The molecule has 110 valence electrons. The van der Waals surface area contributed by atoms with Crippen molar-refractivity contribution < 1.29 is 31.1 Å². The number of amides is 1. The highest BCUT2D eigenvalue weighted by atomic mass is 19.2. The van der Waals surface area contributed by atoms with Crippen molar-refractivity contribution in [2.45, 2.75) is 0 Å². The first-order valence-corrected chi connectivity index (χ1v) is 5.40. The fraction of sp³-hybridized carbons (Fsp3) is 0. The maximum atomic E-state index is 13.4. The number of halogens is 6. The molecule has 0 aliphatic carbocycles. The Kier molecular flexibility index (Phi) is 3.88. The van der Waals surface area contributed by atoms with E-state index in [1.54, 1.807) is 5.32 Å². The second-order valence-corrected chi connectivity index (χ2v) is 3.93. The van der Waals surface area contributed by atoms with E-state index in [2.05, 4.69) is 0 Å². The van der Waals surface area contributed by atoms with Crippen molar-refractivity contribution in [3.63, 3.8) is 0 Å². The Bertz CT molecular complexity index is 731. The zero-order chi connectivity index (χ0) is 15.7. The summed E-state index contributed by atoms with van der Waals surface area (Å²) in [5.74, 6) is -11.5. The lowest BCUT2D eigenvalue weighted by molar-refractivity contribution is 0.102. The van der Waals surface area contributed by atoms with Crippen LogP contribution in [0.25, 0.3) is 0 Å². The van der Waals surface area contributed by atoms with E-state index in [1.165, 1.54) is 0 Å². The van der Waals surface area contributed by atoms with Gasteiger partial charge in [0.2, 0.25) is 0 Å². The average molecular weight is 305 g/mol. The molecule has 2 nitrogen and oxygen atoms in total. The Morgan fingerprint density at radius 2 is 1.48 bits per heavy atom. The van der Waals surface area contributed by atoms with Crippen molar-refractivity contribution in [2.75, 3.05) is 5.32 Å². The van der Waals surface area contributed by atoms with Crippen molar-refractivity contribution >= 4 is 11.6 Å². The number of hydrogen-bond acceptors (Lipinski definition) is 1. The molecule has 0 aromatic heterocycles. The minimum absolute atomic E-state index is 0.129. The molecule has 0 fully saturated rings. The predicted octanol–water partition coefficient (Wildman–Crippen LogP) is 3.77. The van der Waals surface area contributed by atoms with Crippen molar-refractivity contribution in [1.29, 1.82) is 0 Å². The molecule has 2 aromatic rings. The van der Waals surface area contributed by atoms with Crippen LogP contribution in [0, 0.1) is 34.9 Å². The van der Waals surface area contributed by atoms with Gasteiger partial charge in [-0.3, -0.25) is 4.79 Å². The fourth-order valence-electron chi connectivity index (χ4n) is 1.52. The molecule has 0 bridgehead atoms. The second kappa shape index (κ2) is 5.47. The molecule has 0 aliphatic rings. The van der Waals surface area contributed by atoms with E-state index < -0.39 is 52.1 Å². The first kappa shape index (κ1) is 14.9. The lowest BCUT2D eigenvalue weighted by atomic mass is 10.1. The summed E-state index contributed by atoms with van der Waals surface area (Å²) in [6, 6.07) is 2.21. The van der Waals surface area contributed by atoms with Crippen LogP contribution in [0.5, 0.6) is 0 Å². The molecule has 1 amide bonds. The molecule has 0 radical (unpaired) electrons. The largest absolute Gasteiger partial charge is 0.319 e. The van der Waals surface area contributed by atoms with Gasteiger partial charge in [0.1, 0.15) is 11.6 Å². The lowest BCUT2D eigenvalue weighted by Gasteiger charge is -2.08. The van der Waals surface area contributed by atoms with E-state index in [9.17, 15) is 31.1 Å². The van der Waals surface area contributed by atoms with Gasteiger partial charge >= 0.3 is 0 Å². The average Bonchev–Trinajstić information content (AvgIpc) is 2.43. The molecular formula is C13H5F6NO. The molecule has 0 atom stereocenters. The summed E-state index contributed by atoms with van der Waals surface area (Å²) < 4.78 is 78.0. The molecule has 2 aromatic carbocycles. The Hall–Kier alpha value is -2.51. The van der Waals surface area contributed by atoms with E-state index in [0.717, 1.165) is 12.1 Å². The molecule has 21 heavy (non-hydrogen) atoms. The van der Waals surface area contributed by atoms with Crippen LogP contribution in [0.15, 0.2) is 24.3 Å². The van der Waals surface area contributed by atoms with Gasteiger partial charge < -0.3 is 5.32 Å². The minimum atomic E-state index is -2.17. The summed E-state index contributed by atoms with van der Waals surface area (Å²) in [5, 5.41) is 1.79. The van der Waals surface area contributed by atoms with Crippen molar-refractivity contribution in [3.05, 3.63) is 64.7 Å². The van der Waals surface area contributed by atoms with E-state index in [-0.39, 0.29) is 6.07 Å². The number of carbonyl (C=O) groups excluding carboxylic acids is 1. The summed E-state index contributed by atoms with van der Waals surface area (Å²) in [6.07, 6.45) is 0. The monoisotopic (exact) mass is 305 g/mol. The second-order valence-electron chi connectivity index (χ2n) is 3.93. The highest BCUT2D eigenvalue weighted by Gasteiger charge is 2.23. The van der Waals surface area contributed by atoms with Gasteiger partial charge in [-0.1, -0.05) is 0 Å². The fourth-order valence-corrected chi connectivity index (χ4v) is 1.52. The van der Waals surface area contributed by atoms with Crippen LogP contribution in [-0.2, 0) is 0 Å². The summed E-state index contributed by atoms with van der Waals surface area (Å²) >= 11 is 0. The maximum absolute atomic E-state index is 13.4. The summed E-state index contributed by atoms with van der Waals surface area (Å²) in [5.41, 5.74) is -1.69. The highest BCUT2D eigenvalue weighted by molar-refractivity contribution is 6.04. The molecule has 0 saturated carbocycles. The van der Waals surface area contributed by atoms with Crippen LogP contribution < -0.4 is 5.32 Å². The molecule has 0 saturated heterocycles. The summed E-state index contributed by atoms with van der Waals surface area (Å²) in [7, 11) is 0. The Balaban J connectivity index is 2.37. The summed E-state index contributed by atoms with van der Waals surface area (Å²) in [6.45, 7) is 0. The highest BCUT2D eigenvalue weighted by Crippen LogP contribution is 2.21. The van der Waals surface area contributed by atoms with Crippen LogP contribution in [0.4, 0.5) is 32.0 Å². The zero-order valence-corrected chi connectivity index (χ0v) is 9.99. The standard InChI is InChI=1S/C13H5F6NO/c14-5-1-2-9(7(15)3-5)20-13(21)6-4-8(16)11(18)12(19)10(6)17/h1-4H,(H,20,21). The Morgan fingerprint density at radius 1 is 0.810 bits per heavy atom. The topological polar surface area (TPSA) is 29.1 Å². The first-order valence-electron chi connectivity index (χ1n) is 5.40. The van der Waals surface area contributed by atoms with Gasteiger partial charge in [0.15, 0.2) is 23.3 Å². The Labute approximate surface area is 114 Å². The van der Waals surface area contributed by atoms with Crippen molar-refractivity contribution in [1.82, 2.24) is 0 Å². The third-order valence-corrected chi connectivity index (χ3v) is 2.53. The molecule has 1 N–H and O–H groups in total. The van der Waals surface area contributed by atoms with Gasteiger partial charge in [-0.15, -0.1) is 0 Å². The number of carbonyl (C=O) groups is 1. The molecule has 8 heteroatoms. The van der Waals surface area contributed by atoms with Gasteiger partial charge in [-0.05, 0) is 18.2 Å². The summed E-state index contributed by atoms with van der Waals surface area (Å²) in [4.78, 5) is 11.6. The molecule has 0 unspecified atom stereocenters. The Morgan fingerprint density at radius 3 is 2.10 bits per heavy atom. The number of benzene rings is 2. The maximum Gasteiger partial charge on any atom is 0.258 e. The van der Waals surface area contributed by atoms with Crippen molar-refractivity contribution in [2.24, 2.45) is 0 Å². The van der Waals surface area contributed by atoms with Gasteiger partial charge in [-0.25, -0.2) is 26.3 Å². The molecule has 0 heterocycles. The van der Waals surface area contributed by atoms with Crippen LogP contribution in [0.3, 0.4) is 0 Å². The van der Waals surface area contributed by atoms with E-state index >= 15 is 0 Å². The van der Waals surface area contributed by atoms with Gasteiger partial charge in [0.25, 0.3) is 5.91 Å². The number of rotatable bonds is 2. The minimum Gasteiger partial charge on any atom is -0.319 e. The first-order chi connectivity index (χ1) is 9.81. The normalized spacial score (nSPS) is 10.6. The molecule has 0 spiro atoms. The zero-order valence-electron chi connectivity index (χ0n) is 9.99. The van der Waals surface area contributed by atoms with Gasteiger partial charge in [-0.2, -0.15) is 0 Å². The molecule has 0 aliphatic heterocycles. The van der Waals surface area contributed by atoms with Gasteiger partial charge in [0, 0.05) is 6.07 Å². The van der Waals surface area contributed by atoms with E-state index in [0.29, 0.717) is 6.07 Å². The lowest BCUT2D eigenvalue weighted by Crippen LogP contribution is -2.17.